The monoisotopic (exact) mass is 787 g/mol. The molecular weight excluding hydrogens is 751 g/mol. The molecule has 0 spiro atoms. The van der Waals surface area contributed by atoms with Gasteiger partial charge in [0, 0.05) is 12.1 Å². The van der Waals surface area contributed by atoms with Crippen LogP contribution in [0.1, 0.15) is 26.3 Å². The first kappa shape index (κ1) is 37.2. The third-order valence-electron chi connectivity index (χ3n) is 8.19. The minimum Gasteiger partial charge on any atom is -0.258 e. The van der Waals surface area contributed by atoms with E-state index in [-0.39, 0.29) is 21.3 Å². The van der Waals surface area contributed by atoms with Crippen molar-refractivity contribution in [3.05, 3.63) is 163 Å². The van der Waals surface area contributed by atoms with E-state index in [1.165, 1.54) is 36.4 Å². The zero-order chi connectivity index (χ0) is 38.6. The van der Waals surface area contributed by atoms with Crippen LogP contribution in [0.15, 0.2) is 127 Å². The van der Waals surface area contributed by atoms with Gasteiger partial charge >= 0.3 is 240 Å². The molecule has 0 unspecified atom stereocenters. The summed E-state index contributed by atoms with van der Waals surface area (Å²) in [4.78, 5) is 32.5. The summed E-state index contributed by atoms with van der Waals surface area (Å²) in [6.07, 6.45) is 0. The fourth-order valence-corrected chi connectivity index (χ4v) is 7.22. The number of hydrogen-bond acceptors (Lipinski definition) is 9. The third kappa shape index (κ3) is 9.46. The van der Waals surface area contributed by atoms with Crippen LogP contribution in [0.3, 0.4) is 0 Å². The maximum atomic E-state index is 11.4. The van der Waals surface area contributed by atoms with Gasteiger partial charge in [-0.05, 0) is 24.6 Å². The molecule has 272 valence electrons. The molecule has 0 fully saturated rings. The van der Waals surface area contributed by atoms with Crippen molar-refractivity contribution in [3.8, 4) is 62.1 Å². The van der Waals surface area contributed by atoms with Crippen LogP contribution in [0.4, 0.5) is 17.1 Å². The fraction of sp³-hybridized carbons (Fsp3) is 0.122. The molecule has 0 amide bonds. The summed E-state index contributed by atoms with van der Waals surface area (Å²) in [5, 5.41) is 33.9. The summed E-state index contributed by atoms with van der Waals surface area (Å²) in [6.45, 7) is 8.33. The third-order valence-corrected chi connectivity index (χ3v) is 11.0. The molecule has 0 radical (unpaired) electrons. The van der Waals surface area contributed by atoms with Crippen molar-refractivity contribution in [1.29, 1.82) is 0 Å². The number of hydrogen-bond donors (Lipinski definition) is 0. The standard InChI is InChI=1S/C41H35GeN3O9/c1-26-17-30(27-5-11-33(12-6-27)43(46)47)19-36(18-26)52-37-20-31(28-7-13-34(14-8-28)44(48)49)21-38(24-37)53-39-22-32(23-40(25-39)54-42-41(2,3)4)29-9-15-35(16-10-29)45(50)51/h5-25H,42H2,1-4H3. The summed E-state index contributed by atoms with van der Waals surface area (Å²) < 4.78 is 19.4. The molecule has 0 atom stereocenters. The average molecular weight is 786 g/mol. The van der Waals surface area contributed by atoms with E-state index in [1.54, 1.807) is 54.6 Å². The molecule has 0 saturated carbocycles. The van der Waals surface area contributed by atoms with Gasteiger partial charge in [0.1, 0.15) is 0 Å². The Hall–Kier alpha value is -6.54. The smallest absolute Gasteiger partial charge is 0.258 e. The van der Waals surface area contributed by atoms with E-state index >= 15 is 0 Å². The van der Waals surface area contributed by atoms with E-state index in [0.717, 1.165) is 27.8 Å². The van der Waals surface area contributed by atoms with Gasteiger partial charge < -0.3 is 0 Å². The van der Waals surface area contributed by atoms with Crippen molar-refractivity contribution in [1.82, 2.24) is 0 Å². The van der Waals surface area contributed by atoms with Gasteiger partial charge in [-0.25, -0.2) is 0 Å². The Morgan fingerprint density at radius 3 is 1.11 bits per heavy atom. The predicted octanol–water partition coefficient (Wildman–Crippen LogP) is 11.0. The number of benzene rings is 6. The SMILES string of the molecule is Cc1cc(Oc2cc(Oc3cc([O][GeH2][C](C)(C)C)cc(-c4ccc([N+](=O)[O-])cc4)c3)cc(-c3ccc([N+](=O)[O-])cc3)c2)cc(-c2ccc([N+](=O)[O-])cc2)c1. The predicted molar refractivity (Wildman–Crippen MR) is 209 cm³/mol. The van der Waals surface area contributed by atoms with E-state index in [0.29, 0.717) is 39.9 Å². The molecule has 0 heterocycles. The van der Waals surface area contributed by atoms with Gasteiger partial charge in [-0.2, -0.15) is 0 Å². The minimum atomic E-state index is -1.52. The van der Waals surface area contributed by atoms with Crippen molar-refractivity contribution < 1.29 is 28.0 Å². The molecule has 0 aliphatic rings. The molecule has 6 rings (SSSR count). The fourth-order valence-electron chi connectivity index (χ4n) is 5.61. The van der Waals surface area contributed by atoms with Crippen LogP contribution < -0.4 is 13.2 Å². The van der Waals surface area contributed by atoms with Gasteiger partial charge in [-0.1, -0.05) is 6.07 Å². The summed E-state index contributed by atoms with van der Waals surface area (Å²) in [6, 6.07) is 35.2. The van der Waals surface area contributed by atoms with Gasteiger partial charge in [0.2, 0.25) is 0 Å². The first-order valence-corrected chi connectivity index (χ1v) is 19.5. The number of nitrogens with zero attached hydrogens (tertiary/aromatic N) is 3. The second-order valence-corrected chi connectivity index (χ2v) is 19.5. The van der Waals surface area contributed by atoms with Crippen LogP contribution in [0.2, 0.25) is 4.25 Å². The van der Waals surface area contributed by atoms with Crippen LogP contribution in [0.5, 0.6) is 28.7 Å². The number of aryl methyl sites for hydroxylation is 1. The number of ether oxygens (including phenoxy) is 2. The van der Waals surface area contributed by atoms with Crippen molar-refractivity contribution >= 4 is 32.8 Å². The maximum absolute atomic E-state index is 11.4. The molecular formula is C41H35GeN3O9. The molecule has 0 aliphatic carbocycles. The Kier molecular flexibility index (Phi) is 10.8. The van der Waals surface area contributed by atoms with Crippen LogP contribution in [0, 0.1) is 37.3 Å². The van der Waals surface area contributed by atoms with Gasteiger partial charge in [-0.3, -0.25) is 20.2 Å². The van der Waals surface area contributed by atoms with E-state index < -0.39 is 30.5 Å². The Bertz CT molecular complexity index is 2360. The summed E-state index contributed by atoms with van der Waals surface area (Å²) in [7, 11) is 0. The molecule has 6 aromatic rings. The van der Waals surface area contributed by atoms with Crippen LogP contribution in [-0.4, -0.2) is 30.5 Å². The second kappa shape index (κ2) is 15.6. The van der Waals surface area contributed by atoms with Crippen molar-refractivity contribution in [2.75, 3.05) is 0 Å². The molecule has 0 aromatic heterocycles. The number of non-ortho nitro benzene ring substituents is 3. The molecule has 54 heavy (non-hydrogen) atoms. The van der Waals surface area contributed by atoms with Crippen LogP contribution in [-0.2, 0) is 0 Å². The first-order chi connectivity index (χ1) is 25.7. The van der Waals surface area contributed by atoms with E-state index in [9.17, 15) is 30.3 Å². The number of rotatable bonds is 12. The van der Waals surface area contributed by atoms with Crippen molar-refractivity contribution in [2.45, 2.75) is 31.9 Å². The molecule has 0 bridgehead atoms. The number of nitro groups is 3. The van der Waals surface area contributed by atoms with Gasteiger partial charge in [0.25, 0.3) is 5.69 Å². The number of nitro benzene ring substituents is 3. The summed E-state index contributed by atoms with van der Waals surface area (Å²) in [5.41, 5.74) is 5.26. The quantitative estimate of drug-likeness (QED) is 0.0669. The molecule has 0 aliphatic heterocycles. The molecule has 0 saturated heterocycles. The molecule has 0 N–H and O–H groups in total. The first-order valence-electron chi connectivity index (χ1n) is 16.8. The van der Waals surface area contributed by atoms with E-state index in [2.05, 4.69) is 20.8 Å². The Morgan fingerprint density at radius 1 is 0.444 bits per heavy atom. The topological polar surface area (TPSA) is 157 Å². The molecule has 12 nitrogen and oxygen atoms in total. The Labute approximate surface area is 317 Å². The molecule has 13 heteroatoms. The Balaban J connectivity index is 1.40. The summed E-state index contributed by atoms with van der Waals surface area (Å²) in [5.74, 6) is 2.43. The average Bonchev–Trinajstić information content (AvgIpc) is 3.13. The normalized spacial score (nSPS) is 11.3. The van der Waals surface area contributed by atoms with E-state index in [1.807, 2.05) is 43.3 Å². The van der Waals surface area contributed by atoms with Crippen LogP contribution >= 0.6 is 0 Å². The van der Waals surface area contributed by atoms with Gasteiger partial charge in [-0.15, -0.1) is 0 Å². The zero-order valence-corrected chi connectivity index (χ0v) is 32.8. The summed E-state index contributed by atoms with van der Waals surface area (Å²) >= 11 is -1.52. The van der Waals surface area contributed by atoms with E-state index in [4.69, 9.17) is 13.2 Å². The minimum absolute atomic E-state index is 0.00701. The van der Waals surface area contributed by atoms with Gasteiger partial charge in [0.05, 0.1) is 9.85 Å². The molecule has 6 aromatic carbocycles. The zero-order valence-electron chi connectivity index (χ0n) is 29.8. The Morgan fingerprint density at radius 2 is 0.759 bits per heavy atom. The second-order valence-electron chi connectivity index (χ2n) is 13.9. The van der Waals surface area contributed by atoms with Crippen molar-refractivity contribution in [3.63, 3.8) is 0 Å². The van der Waals surface area contributed by atoms with Crippen molar-refractivity contribution in [2.24, 2.45) is 0 Å². The van der Waals surface area contributed by atoms with Gasteiger partial charge in [0.15, 0.2) is 0 Å². The van der Waals surface area contributed by atoms with Crippen LogP contribution in [0.25, 0.3) is 33.4 Å².